The molecular formula is C54H33N7. The predicted molar refractivity (Wildman–Crippen MR) is 240 cm³/mol. The standard InChI is InChI=1S/C54H33N7/c55-34-38-33-50(39(35-56)32-41(38)53-58-51(36-18-4-1-5-19-36)57-52(59-53)37-20-6-2-7-21-37)61-48-30-16-12-26-44(48)54(45-27-13-17-31-49(45)61)42-24-10-14-28-46(42)60(40-22-8-3-9-23-40)47-29-15-11-25-43(47)54/h1-33H. The van der Waals surface area contributed by atoms with Crippen LogP contribution in [0.3, 0.4) is 0 Å². The molecule has 8 aromatic carbocycles. The van der Waals surface area contributed by atoms with Crippen molar-refractivity contribution in [2.24, 2.45) is 0 Å². The molecule has 0 radical (unpaired) electrons. The van der Waals surface area contributed by atoms with Crippen molar-refractivity contribution >= 4 is 34.1 Å². The van der Waals surface area contributed by atoms with E-state index in [0.717, 1.165) is 61.8 Å². The van der Waals surface area contributed by atoms with Gasteiger partial charge in [0.2, 0.25) is 0 Å². The second-order valence-corrected chi connectivity index (χ2v) is 15.0. The SMILES string of the molecule is N#Cc1cc(N2c3ccccc3C3(c4ccccc4N(c4ccccc4)c4ccccc43)c3ccccc32)c(C#N)cc1-c1nc(-c2ccccc2)nc(-c2ccccc2)n1. The fraction of sp³-hybridized carbons (Fsp3) is 0.0185. The van der Waals surface area contributed by atoms with Gasteiger partial charge in [-0.3, -0.25) is 0 Å². The minimum Gasteiger partial charge on any atom is -0.310 e. The lowest BCUT2D eigenvalue weighted by Crippen LogP contribution is -2.42. The summed E-state index contributed by atoms with van der Waals surface area (Å²) in [6.45, 7) is 0. The third kappa shape index (κ3) is 5.46. The van der Waals surface area contributed by atoms with E-state index in [1.807, 2.05) is 84.9 Å². The van der Waals surface area contributed by atoms with E-state index in [0.29, 0.717) is 39.9 Å². The molecule has 61 heavy (non-hydrogen) atoms. The van der Waals surface area contributed by atoms with Crippen molar-refractivity contribution in [2.75, 3.05) is 9.80 Å². The molecule has 3 heterocycles. The molecule has 0 atom stereocenters. The van der Waals surface area contributed by atoms with Gasteiger partial charge in [0.15, 0.2) is 17.5 Å². The summed E-state index contributed by atoms with van der Waals surface area (Å²) >= 11 is 0. The van der Waals surface area contributed by atoms with E-state index in [1.165, 1.54) is 0 Å². The summed E-state index contributed by atoms with van der Waals surface area (Å²) in [6, 6.07) is 72.7. The Hall–Kier alpha value is -8.65. The zero-order chi connectivity index (χ0) is 40.9. The predicted octanol–water partition coefficient (Wildman–Crippen LogP) is 12.6. The first-order valence-electron chi connectivity index (χ1n) is 20.1. The maximum atomic E-state index is 11.1. The lowest BCUT2D eigenvalue weighted by Gasteiger charge is -2.51. The molecule has 11 rings (SSSR count). The summed E-state index contributed by atoms with van der Waals surface area (Å²) in [5.74, 6) is 1.25. The third-order valence-electron chi connectivity index (χ3n) is 11.8. The molecule has 7 nitrogen and oxygen atoms in total. The van der Waals surface area contributed by atoms with Crippen molar-refractivity contribution in [3.63, 3.8) is 0 Å². The number of aromatic nitrogens is 3. The molecule has 0 aliphatic carbocycles. The average molecular weight is 780 g/mol. The van der Waals surface area contributed by atoms with Gasteiger partial charge in [-0.2, -0.15) is 10.5 Å². The van der Waals surface area contributed by atoms with E-state index >= 15 is 0 Å². The summed E-state index contributed by atoms with van der Waals surface area (Å²) in [5, 5.41) is 22.0. The summed E-state index contributed by atoms with van der Waals surface area (Å²) in [5.41, 5.74) is 12.1. The summed E-state index contributed by atoms with van der Waals surface area (Å²) < 4.78 is 0. The molecule has 284 valence electrons. The van der Waals surface area contributed by atoms with Gasteiger partial charge >= 0.3 is 0 Å². The van der Waals surface area contributed by atoms with E-state index in [9.17, 15) is 10.5 Å². The van der Waals surface area contributed by atoms with Crippen LogP contribution in [0.15, 0.2) is 200 Å². The Morgan fingerprint density at radius 2 is 0.738 bits per heavy atom. The Morgan fingerprint density at radius 1 is 0.361 bits per heavy atom. The zero-order valence-corrected chi connectivity index (χ0v) is 32.7. The first-order chi connectivity index (χ1) is 30.2. The fourth-order valence-electron chi connectivity index (χ4n) is 9.26. The van der Waals surface area contributed by atoms with Crippen LogP contribution in [0, 0.1) is 22.7 Å². The number of fused-ring (bicyclic) bond motifs is 8. The normalized spacial score (nSPS) is 13.0. The maximum absolute atomic E-state index is 11.1. The highest BCUT2D eigenvalue weighted by atomic mass is 15.2. The van der Waals surface area contributed by atoms with Crippen LogP contribution in [0.25, 0.3) is 34.2 Å². The first-order valence-corrected chi connectivity index (χ1v) is 20.1. The van der Waals surface area contributed by atoms with Gasteiger partial charge in [-0.05, 0) is 70.8 Å². The number of anilines is 6. The molecule has 1 spiro atoms. The van der Waals surface area contributed by atoms with E-state index in [1.54, 1.807) is 6.07 Å². The molecule has 1 aromatic heterocycles. The first kappa shape index (κ1) is 35.5. The van der Waals surface area contributed by atoms with Crippen molar-refractivity contribution in [1.82, 2.24) is 15.0 Å². The topological polar surface area (TPSA) is 92.7 Å². The van der Waals surface area contributed by atoms with E-state index in [-0.39, 0.29) is 0 Å². The molecule has 7 heteroatoms. The van der Waals surface area contributed by atoms with Crippen LogP contribution in [-0.2, 0) is 5.41 Å². The van der Waals surface area contributed by atoms with Gasteiger partial charge in [0, 0.05) is 22.4 Å². The number of nitriles is 2. The van der Waals surface area contributed by atoms with Crippen LogP contribution in [0.2, 0.25) is 0 Å². The van der Waals surface area contributed by atoms with Gasteiger partial charge < -0.3 is 9.80 Å². The number of para-hydroxylation sites is 5. The van der Waals surface area contributed by atoms with Crippen LogP contribution in [-0.4, -0.2) is 15.0 Å². The van der Waals surface area contributed by atoms with Gasteiger partial charge in [-0.1, -0.05) is 152 Å². The molecule has 2 aliphatic heterocycles. The van der Waals surface area contributed by atoms with Crippen LogP contribution in [0.5, 0.6) is 0 Å². The highest BCUT2D eigenvalue weighted by molar-refractivity contribution is 5.97. The smallest absolute Gasteiger partial charge is 0.165 e. The Bertz CT molecular complexity index is 3090. The number of rotatable bonds is 5. The summed E-state index contributed by atoms with van der Waals surface area (Å²) in [6.07, 6.45) is 0. The van der Waals surface area contributed by atoms with Crippen molar-refractivity contribution in [3.8, 4) is 46.3 Å². The van der Waals surface area contributed by atoms with Crippen LogP contribution in [0.1, 0.15) is 33.4 Å². The Labute approximate surface area is 353 Å². The van der Waals surface area contributed by atoms with Crippen molar-refractivity contribution in [2.45, 2.75) is 5.41 Å². The molecule has 0 fully saturated rings. The van der Waals surface area contributed by atoms with E-state index < -0.39 is 5.41 Å². The fourth-order valence-corrected chi connectivity index (χ4v) is 9.26. The van der Waals surface area contributed by atoms with Crippen molar-refractivity contribution < 1.29 is 0 Å². The number of nitrogens with zero attached hydrogens (tertiary/aromatic N) is 7. The van der Waals surface area contributed by atoms with Gasteiger partial charge in [0.1, 0.15) is 6.07 Å². The molecule has 9 aromatic rings. The van der Waals surface area contributed by atoms with Crippen molar-refractivity contribution in [1.29, 1.82) is 10.5 Å². The minimum atomic E-state index is -0.737. The van der Waals surface area contributed by atoms with Gasteiger partial charge in [0.25, 0.3) is 0 Å². The molecule has 0 N–H and O–H groups in total. The molecule has 0 amide bonds. The lowest BCUT2D eigenvalue weighted by atomic mass is 9.60. The highest BCUT2D eigenvalue weighted by Gasteiger charge is 2.51. The quantitative estimate of drug-likeness (QED) is 0.172. The summed E-state index contributed by atoms with van der Waals surface area (Å²) in [7, 11) is 0. The van der Waals surface area contributed by atoms with Gasteiger partial charge in [-0.15, -0.1) is 0 Å². The second kappa shape index (κ2) is 14.3. The summed E-state index contributed by atoms with van der Waals surface area (Å²) in [4.78, 5) is 19.2. The molecular weight excluding hydrogens is 747 g/mol. The monoisotopic (exact) mass is 779 g/mol. The van der Waals surface area contributed by atoms with Crippen LogP contribution >= 0.6 is 0 Å². The number of benzene rings is 8. The molecule has 0 saturated heterocycles. The number of hydrogen-bond acceptors (Lipinski definition) is 7. The highest BCUT2D eigenvalue weighted by Crippen LogP contribution is 2.64. The number of hydrogen-bond donors (Lipinski definition) is 0. The Balaban J connectivity index is 1.15. The van der Waals surface area contributed by atoms with Crippen molar-refractivity contribution in [3.05, 3.63) is 234 Å². The van der Waals surface area contributed by atoms with E-state index in [4.69, 9.17) is 15.0 Å². The third-order valence-corrected chi connectivity index (χ3v) is 11.8. The lowest BCUT2D eigenvalue weighted by molar-refractivity contribution is 0.718. The minimum absolute atomic E-state index is 0.309. The largest absolute Gasteiger partial charge is 0.310 e. The molecule has 0 bridgehead atoms. The Kier molecular flexibility index (Phi) is 8.33. The van der Waals surface area contributed by atoms with E-state index in [2.05, 4.69) is 131 Å². The van der Waals surface area contributed by atoms with Crippen LogP contribution < -0.4 is 9.80 Å². The molecule has 0 saturated carbocycles. The zero-order valence-electron chi connectivity index (χ0n) is 32.7. The molecule has 0 unspecified atom stereocenters. The average Bonchev–Trinajstić information content (AvgIpc) is 3.34. The second-order valence-electron chi connectivity index (χ2n) is 15.0. The maximum Gasteiger partial charge on any atom is 0.165 e. The van der Waals surface area contributed by atoms with Crippen LogP contribution in [0.4, 0.5) is 34.1 Å². The Morgan fingerprint density at radius 3 is 1.18 bits per heavy atom. The van der Waals surface area contributed by atoms with Gasteiger partial charge in [-0.25, -0.2) is 15.0 Å². The van der Waals surface area contributed by atoms with Gasteiger partial charge in [0.05, 0.1) is 51.0 Å². The molecule has 2 aliphatic rings.